The van der Waals surface area contributed by atoms with Gasteiger partial charge >= 0.3 is 0 Å². The zero-order valence-corrected chi connectivity index (χ0v) is 17.9. The second-order valence-electron chi connectivity index (χ2n) is 6.76. The lowest BCUT2D eigenvalue weighted by atomic mass is 10.1. The van der Waals surface area contributed by atoms with Gasteiger partial charge in [-0.15, -0.1) is 0 Å². The third kappa shape index (κ3) is 7.61. The van der Waals surface area contributed by atoms with E-state index < -0.39 is 0 Å². The predicted molar refractivity (Wildman–Crippen MR) is 128 cm³/mol. The molecule has 0 aromatic heterocycles. The van der Waals surface area contributed by atoms with E-state index in [2.05, 4.69) is 10.5 Å². The Kier molecular flexibility index (Phi) is 8.21. The van der Waals surface area contributed by atoms with E-state index in [1.807, 2.05) is 91.9 Å². The number of nitrogens with one attached hydrogen (secondary N) is 1. The molecule has 0 spiro atoms. The Hall–Kier alpha value is -3.63. The van der Waals surface area contributed by atoms with Crippen molar-refractivity contribution in [3.8, 4) is 5.75 Å². The van der Waals surface area contributed by atoms with Gasteiger partial charge in [0, 0.05) is 5.02 Å². The molecule has 3 aromatic carbocycles. The van der Waals surface area contributed by atoms with Crippen LogP contribution in [0.4, 0.5) is 0 Å². The standard InChI is InChI=1S/C26H23ClN2O2/c1-20-18-24(16-17-25(20)27)31-19-26(30)29-28-23(14-12-21-8-4-2-5-9-21)15-13-22-10-6-3-7-11-22/h2-18H,19H2,1H3,(H,29,30)/b14-12+,15-13+. The molecule has 3 aromatic rings. The Morgan fingerprint density at radius 3 is 2.06 bits per heavy atom. The third-order valence-corrected chi connectivity index (χ3v) is 4.73. The molecular weight excluding hydrogens is 408 g/mol. The number of allylic oxidation sites excluding steroid dienone is 2. The fourth-order valence-corrected chi connectivity index (χ4v) is 2.75. The molecule has 0 radical (unpaired) electrons. The molecule has 0 aliphatic carbocycles. The molecule has 4 nitrogen and oxygen atoms in total. The van der Waals surface area contributed by atoms with Crippen molar-refractivity contribution in [2.45, 2.75) is 6.92 Å². The van der Waals surface area contributed by atoms with Crippen LogP contribution in [-0.2, 0) is 4.79 Å². The minimum Gasteiger partial charge on any atom is -0.484 e. The average molecular weight is 431 g/mol. The lowest BCUT2D eigenvalue weighted by Gasteiger charge is -2.07. The minimum atomic E-state index is -0.355. The molecule has 0 bridgehead atoms. The first-order chi connectivity index (χ1) is 15.1. The van der Waals surface area contributed by atoms with Crippen molar-refractivity contribution in [1.82, 2.24) is 5.43 Å². The van der Waals surface area contributed by atoms with E-state index in [-0.39, 0.29) is 12.5 Å². The lowest BCUT2D eigenvalue weighted by Crippen LogP contribution is -2.25. The number of carbonyl (C=O) groups is 1. The fourth-order valence-electron chi connectivity index (χ4n) is 2.64. The summed E-state index contributed by atoms with van der Waals surface area (Å²) >= 11 is 6.01. The molecule has 1 N–H and O–H groups in total. The number of amides is 1. The van der Waals surface area contributed by atoms with Gasteiger partial charge in [-0.2, -0.15) is 5.10 Å². The number of ether oxygens (including phenoxy) is 1. The zero-order chi connectivity index (χ0) is 21.9. The molecule has 0 saturated heterocycles. The quantitative estimate of drug-likeness (QED) is 0.356. The van der Waals surface area contributed by atoms with E-state index in [9.17, 15) is 4.79 Å². The normalized spacial score (nSPS) is 10.9. The first kappa shape index (κ1) is 22.1. The van der Waals surface area contributed by atoms with Gasteiger partial charge in [0.15, 0.2) is 6.61 Å². The van der Waals surface area contributed by atoms with Crippen LogP contribution in [-0.4, -0.2) is 18.2 Å². The second-order valence-corrected chi connectivity index (χ2v) is 7.17. The number of carbonyl (C=O) groups excluding carboxylic acids is 1. The number of aryl methyl sites for hydroxylation is 1. The SMILES string of the molecule is Cc1cc(OCC(=O)NN=C(/C=C/c2ccccc2)/C=C/c2ccccc2)ccc1Cl. The summed E-state index contributed by atoms with van der Waals surface area (Å²) in [6, 6.07) is 25.0. The summed E-state index contributed by atoms with van der Waals surface area (Å²) in [7, 11) is 0. The van der Waals surface area contributed by atoms with Crippen LogP contribution in [0.5, 0.6) is 5.75 Å². The van der Waals surface area contributed by atoms with Gasteiger partial charge in [-0.25, -0.2) is 5.43 Å². The summed E-state index contributed by atoms with van der Waals surface area (Å²) < 4.78 is 5.52. The molecule has 0 fully saturated rings. The molecule has 1 amide bonds. The number of halogens is 1. The summed E-state index contributed by atoms with van der Waals surface area (Å²) in [6.07, 6.45) is 7.57. The van der Waals surface area contributed by atoms with Gasteiger partial charge in [-0.05, 0) is 54.0 Å². The van der Waals surface area contributed by atoms with Crippen molar-refractivity contribution in [2.75, 3.05) is 6.61 Å². The summed E-state index contributed by atoms with van der Waals surface area (Å²) in [5.41, 5.74) is 6.11. The van der Waals surface area contributed by atoms with Crippen LogP contribution in [0.3, 0.4) is 0 Å². The highest BCUT2D eigenvalue weighted by atomic mass is 35.5. The van der Waals surface area contributed by atoms with Gasteiger partial charge in [0.05, 0.1) is 5.71 Å². The van der Waals surface area contributed by atoms with Crippen LogP contribution in [0.2, 0.25) is 5.02 Å². The Bertz CT molecular complexity index is 1040. The van der Waals surface area contributed by atoms with E-state index >= 15 is 0 Å². The molecule has 0 aliphatic rings. The number of rotatable bonds is 8. The average Bonchev–Trinajstić information content (AvgIpc) is 2.80. The maximum atomic E-state index is 12.2. The van der Waals surface area contributed by atoms with Crippen LogP contribution in [0, 0.1) is 6.92 Å². The zero-order valence-electron chi connectivity index (χ0n) is 17.2. The van der Waals surface area contributed by atoms with Crippen molar-refractivity contribution >= 4 is 35.4 Å². The van der Waals surface area contributed by atoms with Gasteiger partial charge in [-0.1, -0.05) is 84.4 Å². The molecule has 5 heteroatoms. The summed E-state index contributed by atoms with van der Waals surface area (Å²) in [5, 5.41) is 4.89. The van der Waals surface area contributed by atoms with E-state index in [4.69, 9.17) is 16.3 Å². The third-order valence-electron chi connectivity index (χ3n) is 4.30. The smallest absolute Gasteiger partial charge is 0.277 e. The van der Waals surface area contributed by atoms with Crippen LogP contribution >= 0.6 is 11.6 Å². The molecule has 156 valence electrons. The Morgan fingerprint density at radius 1 is 0.935 bits per heavy atom. The van der Waals surface area contributed by atoms with Gasteiger partial charge in [0.25, 0.3) is 5.91 Å². The van der Waals surface area contributed by atoms with E-state index in [1.165, 1.54) is 0 Å². The first-order valence-electron chi connectivity index (χ1n) is 9.82. The molecule has 31 heavy (non-hydrogen) atoms. The first-order valence-corrected chi connectivity index (χ1v) is 10.2. The Balaban J connectivity index is 1.66. The number of hydrogen-bond acceptors (Lipinski definition) is 3. The summed E-state index contributed by atoms with van der Waals surface area (Å²) in [6.45, 7) is 1.73. The van der Waals surface area contributed by atoms with Gasteiger partial charge in [0.1, 0.15) is 5.75 Å². The molecule has 0 unspecified atom stereocenters. The van der Waals surface area contributed by atoms with Crippen molar-refractivity contribution in [3.63, 3.8) is 0 Å². The number of hydrazone groups is 1. The second kappa shape index (κ2) is 11.5. The number of hydrogen-bond donors (Lipinski definition) is 1. The molecule has 0 heterocycles. The number of benzene rings is 3. The van der Waals surface area contributed by atoms with Crippen LogP contribution in [0.15, 0.2) is 96.1 Å². The highest BCUT2D eigenvalue weighted by Gasteiger charge is 2.04. The van der Waals surface area contributed by atoms with Crippen LogP contribution in [0.25, 0.3) is 12.2 Å². The van der Waals surface area contributed by atoms with Crippen molar-refractivity contribution in [2.24, 2.45) is 5.10 Å². The Labute approximate surface area is 187 Å². The molecular formula is C26H23ClN2O2. The van der Waals surface area contributed by atoms with E-state index in [1.54, 1.807) is 18.2 Å². The molecule has 0 saturated carbocycles. The minimum absolute atomic E-state index is 0.150. The predicted octanol–water partition coefficient (Wildman–Crippen LogP) is 5.93. The fraction of sp³-hybridized carbons (Fsp3) is 0.0769. The van der Waals surface area contributed by atoms with Crippen LogP contribution < -0.4 is 10.2 Å². The summed E-state index contributed by atoms with van der Waals surface area (Å²) in [5.74, 6) is 0.223. The summed E-state index contributed by atoms with van der Waals surface area (Å²) in [4.78, 5) is 12.2. The van der Waals surface area contributed by atoms with Gasteiger partial charge in [0.2, 0.25) is 0 Å². The van der Waals surface area contributed by atoms with E-state index in [0.29, 0.717) is 16.5 Å². The maximum Gasteiger partial charge on any atom is 0.277 e. The monoisotopic (exact) mass is 430 g/mol. The van der Waals surface area contributed by atoms with Crippen molar-refractivity contribution in [3.05, 3.63) is 113 Å². The molecule has 0 atom stereocenters. The van der Waals surface area contributed by atoms with Crippen LogP contribution in [0.1, 0.15) is 16.7 Å². The lowest BCUT2D eigenvalue weighted by molar-refractivity contribution is -0.123. The number of nitrogens with zero attached hydrogens (tertiary/aromatic N) is 1. The van der Waals surface area contributed by atoms with Gasteiger partial charge < -0.3 is 4.74 Å². The molecule has 0 aliphatic heterocycles. The van der Waals surface area contributed by atoms with Crippen molar-refractivity contribution < 1.29 is 9.53 Å². The Morgan fingerprint density at radius 2 is 1.52 bits per heavy atom. The van der Waals surface area contributed by atoms with Gasteiger partial charge in [-0.3, -0.25) is 4.79 Å². The largest absolute Gasteiger partial charge is 0.484 e. The van der Waals surface area contributed by atoms with E-state index in [0.717, 1.165) is 16.7 Å². The highest BCUT2D eigenvalue weighted by molar-refractivity contribution is 6.31. The molecule has 3 rings (SSSR count). The van der Waals surface area contributed by atoms with Crippen molar-refractivity contribution in [1.29, 1.82) is 0 Å². The maximum absolute atomic E-state index is 12.2. The highest BCUT2D eigenvalue weighted by Crippen LogP contribution is 2.20. The topological polar surface area (TPSA) is 50.7 Å².